The zero-order valence-corrected chi connectivity index (χ0v) is 22.0. The third kappa shape index (κ3) is 8.47. The standard InChI is InChI=1S/C22H31N3O5S.HI/c1-5-23-22(24-14-17-7-9-21(16(2)12-17)31(4,27)28)25-15-18-6-8-19(30-11-10-26)20(13-18)29-3;/h6-9,12-13,26H,5,10-11,14-15H2,1-4H3,(H2,23,24,25);1H. The van der Waals surface area contributed by atoms with Gasteiger partial charge in [0.1, 0.15) is 6.61 Å². The maximum Gasteiger partial charge on any atom is 0.191 e. The predicted molar refractivity (Wildman–Crippen MR) is 137 cm³/mol. The summed E-state index contributed by atoms with van der Waals surface area (Å²) in [5.41, 5.74) is 2.62. The Bertz CT molecular complexity index is 1010. The van der Waals surface area contributed by atoms with Gasteiger partial charge in [-0.1, -0.05) is 18.2 Å². The molecule has 0 spiro atoms. The van der Waals surface area contributed by atoms with Gasteiger partial charge in [-0.3, -0.25) is 0 Å². The molecule has 0 aromatic heterocycles. The van der Waals surface area contributed by atoms with Gasteiger partial charge in [0, 0.05) is 19.3 Å². The number of sulfone groups is 1. The van der Waals surface area contributed by atoms with Crippen LogP contribution in [0.3, 0.4) is 0 Å². The summed E-state index contributed by atoms with van der Waals surface area (Å²) in [5.74, 6) is 1.82. The van der Waals surface area contributed by atoms with Crippen LogP contribution >= 0.6 is 24.0 Å². The van der Waals surface area contributed by atoms with Gasteiger partial charge in [0.05, 0.1) is 25.2 Å². The minimum absolute atomic E-state index is 0. The van der Waals surface area contributed by atoms with Crippen LogP contribution in [0.25, 0.3) is 0 Å². The van der Waals surface area contributed by atoms with E-state index in [1.807, 2.05) is 31.2 Å². The molecule has 2 aromatic rings. The van der Waals surface area contributed by atoms with Crippen LogP contribution in [0.15, 0.2) is 46.3 Å². The number of rotatable bonds is 10. The number of hydrogen-bond acceptors (Lipinski definition) is 6. The number of aryl methyl sites for hydroxylation is 1. The molecule has 3 N–H and O–H groups in total. The lowest BCUT2D eigenvalue weighted by Crippen LogP contribution is -2.36. The van der Waals surface area contributed by atoms with Crippen LogP contribution in [0.1, 0.15) is 23.6 Å². The van der Waals surface area contributed by atoms with Crippen molar-refractivity contribution in [2.45, 2.75) is 31.8 Å². The Balaban J connectivity index is 0.00000512. The van der Waals surface area contributed by atoms with Crippen molar-refractivity contribution in [3.63, 3.8) is 0 Å². The van der Waals surface area contributed by atoms with Gasteiger partial charge in [0.15, 0.2) is 27.3 Å². The first kappa shape index (κ1) is 28.0. The topological polar surface area (TPSA) is 109 Å². The van der Waals surface area contributed by atoms with E-state index < -0.39 is 9.84 Å². The van der Waals surface area contributed by atoms with Gasteiger partial charge in [-0.15, -0.1) is 24.0 Å². The van der Waals surface area contributed by atoms with E-state index in [4.69, 9.17) is 14.6 Å². The number of aliphatic hydroxyl groups is 1. The second-order valence-corrected chi connectivity index (χ2v) is 8.96. The van der Waals surface area contributed by atoms with E-state index in [-0.39, 0.29) is 37.2 Å². The summed E-state index contributed by atoms with van der Waals surface area (Å²) in [6.07, 6.45) is 1.21. The molecule has 0 fully saturated rings. The second kappa shape index (κ2) is 13.5. The summed E-state index contributed by atoms with van der Waals surface area (Å²) in [7, 11) is -1.67. The Kier molecular flexibility index (Phi) is 11.8. The summed E-state index contributed by atoms with van der Waals surface area (Å²) < 4.78 is 34.4. The zero-order valence-electron chi connectivity index (χ0n) is 18.8. The van der Waals surface area contributed by atoms with Gasteiger partial charge >= 0.3 is 0 Å². The molecule has 0 heterocycles. The van der Waals surface area contributed by atoms with Gasteiger partial charge < -0.3 is 25.2 Å². The van der Waals surface area contributed by atoms with Gasteiger partial charge in [0.25, 0.3) is 0 Å². The molecule has 178 valence electrons. The van der Waals surface area contributed by atoms with Crippen molar-refractivity contribution in [2.75, 3.05) is 33.1 Å². The van der Waals surface area contributed by atoms with E-state index in [0.717, 1.165) is 11.1 Å². The molecule has 8 nitrogen and oxygen atoms in total. The van der Waals surface area contributed by atoms with E-state index >= 15 is 0 Å². The molecule has 10 heteroatoms. The molecule has 0 unspecified atom stereocenters. The van der Waals surface area contributed by atoms with E-state index in [9.17, 15) is 8.42 Å². The number of nitrogens with one attached hydrogen (secondary N) is 2. The highest BCUT2D eigenvalue weighted by Crippen LogP contribution is 2.28. The van der Waals surface area contributed by atoms with Crippen LogP contribution in [0.2, 0.25) is 0 Å². The van der Waals surface area contributed by atoms with Crippen molar-refractivity contribution in [2.24, 2.45) is 4.99 Å². The quantitative estimate of drug-likeness (QED) is 0.226. The summed E-state index contributed by atoms with van der Waals surface area (Å²) >= 11 is 0. The molecular weight excluding hydrogens is 545 g/mol. The van der Waals surface area contributed by atoms with Crippen molar-refractivity contribution in [1.29, 1.82) is 0 Å². The molecule has 0 saturated carbocycles. The summed E-state index contributed by atoms with van der Waals surface area (Å²) in [4.78, 5) is 4.93. The minimum atomic E-state index is -3.24. The molecule has 0 saturated heterocycles. The predicted octanol–water partition coefficient (Wildman–Crippen LogP) is 2.65. The Morgan fingerprint density at radius 2 is 1.81 bits per heavy atom. The Hall–Kier alpha value is -2.05. The van der Waals surface area contributed by atoms with Gasteiger partial charge in [-0.25, -0.2) is 13.4 Å². The lowest BCUT2D eigenvalue weighted by molar-refractivity contribution is 0.196. The van der Waals surface area contributed by atoms with Gasteiger partial charge in [-0.05, 0) is 48.7 Å². The Labute approximate surface area is 207 Å². The van der Waals surface area contributed by atoms with Crippen molar-refractivity contribution in [3.05, 3.63) is 53.1 Å². The molecule has 2 rings (SSSR count). The van der Waals surface area contributed by atoms with Gasteiger partial charge in [0.2, 0.25) is 0 Å². The average molecular weight is 577 g/mol. The molecule has 0 atom stereocenters. The van der Waals surface area contributed by atoms with Crippen LogP contribution in [-0.4, -0.2) is 52.6 Å². The largest absolute Gasteiger partial charge is 0.493 e. The summed E-state index contributed by atoms with van der Waals surface area (Å²) in [6.45, 7) is 5.55. The van der Waals surface area contributed by atoms with Crippen LogP contribution in [0.5, 0.6) is 11.5 Å². The van der Waals surface area contributed by atoms with E-state index in [1.165, 1.54) is 6.26 Å². The van der Waals surface area contributed by atoms with E-state index in [1.54, 1.807) is 26.2 Å². The van der Waals surface area contributed by atoms with Crippen molar-refractivity contribution < 1.29 is 23.0 Å². The number of hydrogen-bond donors (Lipinski definition) is 3. The zero-order chi connectivity index (χ0) is 22.9. The number of halogens is 1. The number of ether oxygens (including phenoxy) is 2. The fourth-order valence-electron chi connectivity index (χ4n) is 3.02. The number of methoxy groups -OCH3 is 1. The third-order valence-corrected chi connectivity index (χ3v) is 5.70. The minimum Gasteiger partial charge on any atom is -0.493 e. The second-order valence-electron chi connectivity index (χ2n) is 6.98. The number of benzene rings is 2. The van der Waals surface area contributed by atoms with Crippen molar-refractivity contribution >= 4 is 39.8 Å². The molecule has 0 bridgehead atoms. The van der Waals surface area contributed by atoms with Crippen LogP contribution < -0.4 is 20.1 Å². The Morgan fingerprint density at radius 3 is 2.41 bits per heavy atom. The lowest BCUT2D eigenvalue weighted by atomic mass is 10.1. The summed E-state index contributed by atoms with van der Waals surface area (Å²) in [5, 5.41) is 15.4. The molecule has 0 radical (unpaired) electrons. The molecule has 0 aliphatic heterocycles. The Morgan fingerprint density at radius 1 is 1.09 bits per heavy atom. The first-order valence-electron chi connectivity index (χ1n) is 10.0. The molecular formula is C22H32IN3O5S. The normalized spacial score (nSPS) is 11.5. The highest BCUT2D eigenvalue weighted by Gasteiger charge is 2.11. The highest BCUT2D eigenvalue weighted by molar-refractivity contribution is 14.0. The maximum absolute atomic E-state index is 11.8. The lowest BCUT2D eigenvalue weighted by Gasteiger charge is -2.14. The van der Waals surface area contributed by atoms with Crippen molar-refractivity contribution in [3.8, 4) is 11.5 Å². The number of aliphatic hydroxyl groups excluding tert-OH is 1. The average Bonchev–Trinajstić information content (AvgIpc) is 2.73. The van der Waals surface area contributed by atoms with Gasteiger partial charge in [-0.2, -0.15) is 0 Å². The fourth-order valence-corrected chi connectivity index (χ4v) is 3.98. The van der Waals surface area contributed by atoms with E-state index in [2.05, 4.69) is 15.6 Å². The molecule has 0 amide bonds. The maximum atomic E-state index is 11.8. The SMILES string of the molecule is CCNC(=NCc1ccc(S(C)(=O)=O)c(C)c1)NCc1ccc(OCCO)c(OC)c1.I. The fraction of sp³-hybridized carbons (Fsp3) is 0.409. The first-order chi connectivity index (χ1) is 14.8. The van der Waals surface area contributed by atoms with Crippen molar-refractivity contribution in [1.82, 2.24) is 10.6 Å². The smallest absolute Gasteiger partial charge is 0.191 e. The summed E-state index contributed by atoms with van der Waals surface area (Å²) in [6, 6.07) is 10.9. The molecule has 2 aromatic carbocycles. The molecule has 0 aliphatic carbocycles. The monoisotopic (exact) mass is 577 g/mol. The number of aliphatic imine (C=N–C) groups is 1. The van der Waals surface area contributed by atoms with Crippen LogP contribution in [-0.2, 0) is 22.9 Å². The molecule has 0 aliphatic rings. The number of guanidine groups is 1. The van der Waals surface area contributed by atoms with Crippen LogP contribution in [0, 0.1) is 6.92 Å². The first-order valence-corrected chi connectivity index (χ1v) is 11.9. The third-order valence-electron chi connectivity index (χ3n) is 4.44. The van der Waals surface area contributed by atoms with Crippen LogP contribution in [0.4, 0.5) is 0 Å². The highest BCUT2D eigenvalue weighted by atomic mass is 127. The molecule has 32 heavy (non-hydrogen) atoms. The number of nitrogens with zero attached hydrogens (tertiary/aromatic N) is 1. The van der Waals surface area contributed by atoms with E-state index in [0.29, 0.717) is 47.6 Å².